The fourth-order valence-electron chi connectivity index (χ4n) is 2.24. The molecule has 2 rings (SSSR count). The molecule has 0 aliphatic rings. The van der Waals surface area contributed by atoms with Crippen LogP contribution in [-0.2, 0) is 11.3 Å². The molecule has 0 spiro atoms. The van der Waals surface area contributed by atoms with Crippen LogP contribution in [0.3, 0.4) is 0 Å². The van der Waals surface area contributed by atoms with Gasteiger partial charge in [0.05, 0.1) is 6.10 Å². The number of carbonyl (C=O) groups excluding carboxylic acids is 1. The molecule has 0 bridgehead atoms. The lowest BCUT2D eigenvalue weighted by Gasteiger charge is -2.18. The number of amides is 2. The maximum atomic E-state index is 11.9. The molecular formula is C18H22N2O3. The summed E-state index contributed by atoms with van der Waals surface area (Å²) in [5, 5.41) is 15.0. The van der Waals surface area contributed by atoms with Crippen LogP contribution in [0, 0.1) is 0 Å². The second kappa shape index (κ2) is 8.80. The van der Waals surface area contributed by atoms with Gasteiger partial charge in [-0.3, -0.25) is 0 Å². The standard InChI is InChI=1S/C18H22N2O3/c1-2-23-17(15-8-4-3-5-9-15)13-20-18(22)19-12-14-7-6-10-16(21)11-14/h3-11,17,21H,2,12-13H2,1H3,(H2,19,20,22)/t17-/m1/s1. The summed E-state index contributed by atoms with van der Waals surface area (Å²) >= 11 is 0. The predicted octanol–water partition coefficient (Wildman–Crippen LogP) is 2.97. The number of carbonyl (C=O) groups is 1. The molecule has 3 N–H and O–H groups in total. The highest BCUT2D eigenvalue weighted by Crippen LogP contribution is 2.16. The van der Waals surface area contributed by atoms with Gasteiger partial charge in [0.1, 0.15) is 5.75 Å². The summed E-state index contributed by atoms with van der Waals surface area (Å²) in [6, 6.07) is 16.3. The minimum Gasteiger partial charge on any atom is -0.508 e. The van der Waals surface area contributed by atoms with Crippen molar-refractivity contribution >= 4 is 6.03 Å². The molecule has 0 heterocycles. The zero-order chi connectivity index (χ0) is 16.5. The van der Waals surface area contributed by atoms with Crippen molar-refractivity contribution in [3.8, 4) is 5.75 Å². The van der Waals surface area contributed by atoms with Crippen molar-refractivity contribution < 1.29 is 14.6 Å². The molecule has 2 aromatic rings. The maximum absolute atomic E-state index is 11.9. The van der Waals surface area contributed by atoms with Gasteiger partial charge in [-0.15, -0.1) is 0 Å². The molecule has 5 heteroatoms. The average Bonchev–Trinajstić information content (AvgIpc) is 2.57. The quantitative estimate of drug-likeness (QED) is 0.736. The number of ether oxygens (including phenoxy) is 1. The molecule has 23 heavy (non-hydrogen) atoms. The van der Waals surface area contributed by atoms with Crippen LogP contribution in [0.25, 0.3) is 0 Å². The number of hydrogen-bond acceptors (Lipinski definition) is 3. The summed E-state index contributed by atoms with van der Waals surface area (Å²) in [5.41, 5.74) is 1.87. The van der Waals surface area contributed by atoms with E-state index in [1.54, 1.807) is 18.2 Å². The Morgan fingerprint density at radius 2 is 1.91 bits per heavy atom. The second-order valence-electron chi connectivity index (χ2n) is 5.09. The summed E-state index contributed by atoms with van der Waals surface area (Å²) in [7, 11) is 0. The summed E-state index contributed by atoms with van der Waals surface area (Å²) in [6.45, 7) is 3.25. The monoisotopic (exact) mass is 314 g/mol. The number of aromatic hydroxyl groups is 1. The molecule has 0 fully saturated rings. The Morgan fingerprint density at radius 1 is 1.13 bits per heavy atom. The molecule has 0 aliphatic carbocycles. The minimum atomic E-state index is -0.269. The molecular weight excluding hydrogens is 292 g/mol. The Hall–Kier alpha value is -2.53. The number of nitrogens with one attached hydrogen (secondary N) is 2. The smallest absolute Gasteiger partial charge is 0.315 e. The number of phenols is 1. The van der Waals surface area contributed by atoms with E-state index in [9.17, 15) is 9.90 Å². The van der Waals surface area contributed by atoms with E-state index in [0.717, 1.165) is 11.1 Å². The van der Waals surface area contributed by atoms with E-state index in [4.69, 9.17) is 4.74 Å². The third kappa shape index (κ3) is 5.64. The van der Waals surface area contributed by atoms with Crippen molar-refractivity contribution in [1.29, 1.82) is 0 Å². The molecule has 0 saturated carbocycles. The van der Waals surface area contributed by atoms with E-state index in [0.29, 0.717) is 19.7 Å². The lowest BCUT2D eigenvalue weighted by molar-refractivity contribution is 0.0639. The van der Waals surface area contributed by atoms with Gasteiger partial charge in [-0.25, -0.2) is 4.79 Å². The molecule has 5 nitrogen and oxygen atoms in total. The van der Waals surface area contributed by atoms with Gasteiger partial charge >= 0.3 is 6.03 Å². The number of phenolic OH excluding ortho intramolecular Hbond substituents is 1. The van der Waals surface area contributed by atoms with E-state index < -0.39 is 0 Å². The lowest BCUT2D eigenvalue weighted by Crippen LogP contribution is -2.37. The summed E-state index contributed by atoms with van der Waals surface area (Å²) in [6.07, 6.45) is -0.173. The first-order valence-corrected chi connectivity index (χ1v) is 7.65. The SMILES string of the molecule is CCO[C@H](CNC(=O)NCc1cccc(O)c1)c1ccccc1. The van der Waals surface area contributed by atoms with E-state index in [1.807, 2.05) is 43.3 Å². The van der Waals surface area contributed by atoms with Crippen LogP contribution >= 0.6 is 0 Å². The predicted molar refractivity (Wildman–Crippen MR) is 89.2 cm³/mol. The largest absolute Gasteiger partial charge is 0.508 e. The molecule has 2 aromatic carbocycles. The third-order valence-corrected chi connectivity index (χ3v) is 3.35. The molecule has 0 saturated heterocycles. The molecule has 0 aromatic heterocycles. The topological polar surface area (TPSA) is 70.6 Å². The summed E-state index contributed by atoms with van der Waals surface area (Å²) in [5.74, 6) is 0.185. The zero-order valence-corrected chi connectivity index (χ0v) is 13.2. The highest BCUT2D eigenvalue weighted by atomic mass is 16.5. The van der Waals surface area contributed by atoms with E-state index in [1.165, 1.54) is 0 Å². The molecule has 2 amide bonds. The van der Waals surface area contributed by atoms with Crippen LogP contribution in [0.1, 0.15) is 24.2 Å². The van der Waals surface area contributed by atoms with Crippen LogP contribution in [0.5, 0.6) is 5.75 Å². The highest BCUT2D eigenvalue weighted by molar-refractivity contribution is 5.73. The third-order valence-electron chi connectivity index (χ3n) is 3.35. The fourth-order valence-corrected chi connectivity index (χ4v) is 2.24. The Morgan fingerprint density at radius 3 is 2.61 bits per heavy atom. The Bertz CT molecular complexity index is 617. The molecule has 1 atom stereocenters. The van der Waals surface area contributed by atoms with Crippen molar-refractivity contribution in [2.45, 2.75) is 19.6 Å². The summed E-state index contributed by atoms with van der Waals surface area (Å²) in [4.78, 5) is 11.9. The van der Waals surface area contributed by atoms with Crippen molar-refractivity contribution in [3.05, 3.63) is 65.7 Å². The van der Waals surface area contributed by atoms with Crippen molar-refractivity contribution in [1.82, 2.24) is 10.6 Å². The minimum absolute atomic E-state index is 0.173. The Labute approximate surface area is 136 Å². The van der Waals surface area contributed by atoms with Crippen LogP contribution in [-0.4, -0.2) is 24.3 Å². The number of rotatable bonds is 7. The van der Waals surface area contributed by atoms with Crippen molar-refractivity contribution in [2.75, 3.05) is 13.2 Å². The number of urea groups is 1. The van der Waals surface area contributed by atoms with Gasteiger partial charge in [0.25, 0.3) is 0 Å². The average molecular weight is 314 g/mol. The molecule has 0 unspecified atom stereocenters. The Balaban J connectivity index is 1.82. The van der Waals surface area contributed by atoms with Gasteiger partial charge in [0, 0.05) is 19.7 Å². The van der Waals surface area contributed by atoms with Gasteiger partial charge in [-0.1, -0.05) is 42.5 Å². The van der Waals surface area contributed by atoms with Crippen LogP contribution in [0.2, 0.25) is 0 Å². The molecule has 122 valence electrons. The van der Waals surface area contributed by atoms with E-state index >= 15 is 0 Å². The van der Waals surface area contributed by atoms with Crippen LogP contribution in [0.4, 0.5) is 4.79 Å². The number of benzene rings is 2. The second-order valence-corrected chi connectivity index (χ2v) is 5.09. The van der Waals surface area contributed by atoms with Crippen LogP contribution in [0.15, 0.2) is 54.6 Å². The van der Waals surface area contributed by atoms with E-state index in [-0.39, 0.29) is 17.9 Å². The number of hydrogen-bond donors (Lipinski definition) is 3. The Kier molecular flexibility index (Phi) is 6.44. The fraction of sp³-hybridized carbons (Fsp3) is 0.278. The van der Waals surface area contributed by atoms with Gasteiger partial charge < -0.3 is 20.5 Å². The van der Waals surface area contributed by atoms with Crippen molar-refractivity contribution in [3.63, 3.8) is 0 Å². The van der Waals surface area contributed by atoms with Gasteiger partial charge in [-0.05, 0) is 30.2 Å². The normalized spacial score (nSPS) is 11.7. The highest BCUT2D eigenvalue weighted by Gasteiger charge is 2.12. The lowest BCUT2D eigenvalue weighted by atomic mass is 10.1. The maximum Gasteiger partial charge on any atom is 0.315 e. The van der Waals surface area contributed by atoms with Crippen molar-refractivity contribution in [2.24, 2.45) is 0 Å². The van der Waals surface area contributed by atoms with E-state index in [2.05, 4.69) is 10.6 Å². The molecule has 0 radical (unpaired) electrons. The summed E-state index contributed by atoms with van der Waals surface area (Å²) < 4.78 is 5.68. The van der Waals surface area contributed by atoms with Gasteiger partial charge in [0.2, 0.25) is 0 Å². The van der Waals surface area contributed by atoms with Gasteiger partial charge in [0.15, 0.2) is 0 Å². The zero-order valence-electron chi connectivity index (χ0n) is 13.2. The first-order chi connectivity index (χ1) is 11.2. The van der Waals surface area contributed by atoms with Gasteiger partial charge in [-0.2, -0.15) is 0 Å². The first kappa shape index (κ1) is 16.8. The molecule has 0 aliphatic heterocycles. The van der Waals surface area contributed by atoms with Crippen LogP contribution < -0.4 is 10.6 Å². The first-order valence-electron chi connectivity index (χ1n) is 7.65.